The van der Waals surface area contributed by atoms with Crippen molar-refractivity contribution >= 4 is 23.2 Å². The van der Waals surface area contributed by atoms with Crippen LogP contribution in [0.1, 0.15) is 45.2 Å². The number of nitrogens with zero attached hydrogens (tertiary/aromatic N) is 2. The van der Waals surface area contributed by atoms with E-state index >= 15 is 0 Å². The summed E-state index contributed by atoms with van der Waals surface area (Å²) < 4.78 is 0. The Morgan fingerprint density at radius 2 is 2.00 bits per heavy atom. The van der Waals surface area contributed by atoms with Crippen molar-refractivity contribution in [2.24, 2.45) is 5.92 Å². The van der Waals surface area contributed by atoms with Gasteiger partial charge >= 0.3 is 5.97 Å². The average molecular weight is 358 g/mol. The summed E-state index contributed by atoms with van der Waals surface area (Å²) in [6.45, 7) is 4.61. The highest BCUT2D eigenvalue weighted by atomic mass is 32.1. The van der Waals surface area contributed by atoms with Crippen molar-refractivity contribution in [1.29, 1.82) is 0 Å². The molecule has 1 amide bonds. The average Bonchev–Trinajstić information content (AvgIpc) is 3.19. The maximum atomic E-state index is 12.9. The van der Waals surface area contributed by atoms with Crippen molar-refractivity contribution in [1.82, 2.24) is 9.88 Å². The van der Waals surface area contributed by atoms with Gasteiger partial charge in [-0.15, -0.1) is 11.3 Å². The van der Waals surface area contributed by atoms with Crippen LogP contribution in [0.3, 0.4) is 0 Å². The van der Waals surface area contributed by atoms with Crippen LogP contribution in [0.15, 0.2) is 30.3 Å². The van der Waals surface area contributed by atoms with Gasteiger partial charge in [0.15, 0.2) is 0 Å². The lowest BCUT2D eigenvalue weighted by Crippen LogP contribution is -2.29. The zero-order valence-electron chi connectivity index (χ0n) is 14.4. The molecule has 2 heterocycles. The Morgan fingerprint density at radius 1 is 1.28 bits per heavy atom. The van der Waals surface area contributed by atoms with Crippen molar-refractivity contribution in [3.05, 3.63) is 51.5 Å². The number of rotatable bonds is 5. The smallest absolute Gasteiger partial charge is 0.308 e. The monoisotopic (exact) mass is 358 g/mol. The number of amides is 1. The van der Waals surface area contributed by atoms with E-state index in [0.717, 1.165) is 29.1 Å². The fourth-order valence-electron chi connectivity index (χ4n) is 3.37. The fraction of sp³-hybridized carbons (Fsp3) is 0.421. The predicted molar refractivity (Wildman–Crippen MR) is 97.1 cm³/mol. The minimum Gasteiger partial charge on any atom is -0.481 e. The largest absolute Gasteiger partial charge is 0.481 e. The van der Waals surface area contributed by atoms with Gasteiger partial charge < -0.3 is 10.0 Å². The van der Waals surface area contributed by atoms with E-state index in [1.165, 1.54) is 11.3 Å². The molecule has 2 atom stereocenters. The Kier molecular flexibility index (Phi) is 5.18. The molecule has 2 aromatic rings. The Labute approximate surface area is 151 Å². The number of carboxylic acid groups (broad SMARTS) is 1. The van der Waals surface area contributed by atoms with Crippen LogP contribution < -0.4 is 0 Å². The second-order valence-corrected chi connectivity index (χ2v) is 7.53. The summed E-state index contributed by atoms with van der Waals surface area (Å²) in [4.78, 5) is 31.4. The lowest BCUT2D eigenvalue weighted by molar-refractivity contribution is -0.141. The summed E-state index contributed by atoms with van der Waals surface area (Å²) >= 11 is 1.44. The highest BCUT2D eigenvalue weighted by Gasteiger charge is 2.41. The third kappa shape index (κ3) is 3.58. The first-order valence-electron chi connectivity index (χ1n) is 8.54. The van der Waals surface area contributed by atoms with E-state index in [0.29, 0.717) is 11.4 Å². The molecule has 1 saturated heterocycles. The molecule has 1 aromatic carbocycles. The number of carbonyl (C=O) groups is 2. The number of carboxylic acids is 1. The maximum absolute atomic E-state index is 12.9. The number of hydrogen-bond donors (Lipinski definition) is 1. The first-order chi connectivity index (χ1) is 12.0. The molecule has 132 valence electrons. The van der Waals surface area contributed by atoms with Crippen LogP contribution in [0.2, 0.25) is 0 Å². The highest BCUT2D eigenvalue weighted by molar-refractivity contribution is 7.13. The standard InChI is InChI=1S/C19H22N2O3S/c1-3-7-16-20-12(2)17(25-16)18(22)21-10-14(15(11-21)19(23)24)13-8-5-4-6-9-13/h4-6,8-9,14-15H,3,7,10-11H2,1-2H3,(H,23,24). The van der Waals surface area contributed by atoms with Gasteiger partial charge in [-0.3, -0.25) is 9.59 Å². The minimum absolute atomic E-state index is 0.0953. The first kappa shape index (κ1) is 17.6. The molecule has 1 fully saturated rings. The number of benzene rings is 1. The third-order valence-electron chi connectivity index (χ3n) is 4.65. The van der Waals surface area contributed by atoms with Crippen LogP contribution in [0.25, 0.3) is 0 Å². The van der Waals surface area contributed by atoms with Gasteiger partial charge in [0.2, 0.25) is 0 Å². The SMILES string of the molecule is CCCc1nc(C)c(C(=O)N2CC(C(=O)O)C(c3ccccc3)C2)s1. The zero-order chi connectivity index (χ0) is 18.0. The summed E-state index contributed by atoms with van der Waals surface area (Å²) in [5.41, 5.74) is 1.71. The summed E-state index contributed by atoms with van der Waals surface area (Å²) in [6, 6.07) is 9.59. The number of thiazole rings is 1. The van der Waals surface area contributed by atoms with Gasteiger partial charge in [-0.2, -0.15) is 0 Å². The van der Waals surface area contributed by atoms with Crippen molar-refractivity contribution in [2.75, 3.05) is 13.1 Å². The van der Waals surface area contributed by atoms with Gasteiger partial charge in [0.25, 0.3) is 5.91 Å². The van der Waals surface area contributed by atoms with Crippen molar-refractivity contribution in [3.63, 3.8) is 0 Å². The number of hydrogen-bond acceptors (Lipinski definition) is 4. The van der Waals surface area contributed by atoms with E-state index in [1.54, 1.807) is 4.90 Å². The van der Waals surface area contributed by atoms with Gasteiger partial charge in [0, 0.05) is 19.0 Å². The molecule has 25 heavy (non-hydrogen) atoms. The lowest BCUT2D eigenvalue weighted by atomic mass is 9.89. The number of aryl methyl sites for hydroxylation is 2. The number of aliphatic carboxylic acids is 1. The molecule has 0 bridgehead atoms. The maximum Gasteiger partial charge on any atom is 0.308 e. The second kappa shape index (κ2) is 7.35. The molecule has 0 aliphatic carbocycles. The summed E-state index contributed by atoms with van der Waals surface area (Å²) in [5, 5.41) is 10.6. The van der Waals surface area contributed by atoms with E-state index in [4.69, 9.17) is 0 Å². The number of carbonyl (C=O) groups excluding carboxylic acids is 1. The molecule has 0 radical (unpaired) electrons. The molecule has 0 spiro atoms. The third-order valence-corrected chi connectivity index (χ3v) is 5.86. The molecule has 3 rings (SSSR count). The highest BCUT2D eigenvalue weighted by Crippen LogP contribution is 2.34. The van der Waals surface area contributed by atoms with Crippen LogP contribution >= 0.6 is 11.3 Å². The van der Waals surface area contributed by atoms with E-state index in [9.17, 15) is 14.7 Å². The van der Waals surface area contributed by atoms with Gasteiger partial charge in [-0.25, -0.2) is 4.98 Å². The van der Waals surface area contributed by atoms with Gasteiger partial charge in [0.1, 0.15) is 4.88 Å². The molecule has 1 aromatic heterocycles. The fourth-order valence-corrected chi connectivity index (χ4v) is 4.51. The van der Waals surface area contributed by atoms with Gasteiger partial charge in [-0.05, 0) is 25.3 Å². The van der Waals surface area contributed by atoms with Crippen molar-refractivity contribution in [3.8, 4) is 0 Å². The minimum atomic E-state index is -0.850. The van der Waals surface area contributed by atoms with Crippen LogP contribution in [0.5, 0.6) is 0 Å². The molecule has 1 N–H and O–H groups in total. The summed E-state index contributed by atoms with van der Waals surface area (Å²) in [6.07, 6.45) is 1.85. The van der Waals surface area contributed by atoms with E-state index in [-0.39, 0.29) is 18.4 Å². The molecule has 5 nitrogen and oxygen atoms in total. The summed E-state index contributed by atoms with van der Waals surface area (Å²) in [7, 11) is 0. The van der Waals surface area contributed by atoms with Crippen LogP contribution in [-0.2, 0) is 11.2 Å². The molecule has 6 heteroatoms. The van der Waals surface area contributed by atoms with E-state index < -0.39 is 11.9 Å². The second-order valence-electron chi connectivity index (χ2n) is 6.44. The summed E-state index contributed by atoms with van der Waals surface area (Å²) in [5.74, 6) is -1.69. The van der Waals surface area contributed by atoms with E-state index in [2.05, 4.69) is 11.9 Å². The van der Waals surface area contributed by atoms with Crippen molar-refractivity contribution < 1.29 is 14.7 Å². The Morgan fingerprint density at radius 3 is 2.64 bits per heavy atom. The molecule has 2 unspecified atom stereocenters. The van der Waals surface area contributed by atoms with Crippen LogP contribution in [0.4, 0.5) is 0 Å². The van der Waals surface area contributed by atoms with Crippen molar-refractivity contribution in [2.45, 2.75) is 32.6 Å². The first-order valence-corrected chi connectivity index (χ1v) is 9.36. The normalized spacial score (nSPS) is 20.0. The Hall–Kier alpha value is -2.21. The Balaban J connectivity index is 1.84. The molecule has 1 aliphatic heterocycles. The quantitative estimate of drug-likeness (QED) is 0.890. The molecule has 1 aliphatic rings. The van der Waals surface area contributed by atoms with Crippen LogP contribution in [0, 0.1) is 12.8 Å². The van der Waals surface area contributed by atoms with E-state index in [1.807, 2.05) is 37.3 Å². The topological polar surface area (TPSA) is 70.5 Å². The predicted octanol–water partition coefficient (Wildman–Crippen LogP) is 3.34. The lowest BCUT2D eigenvalue weighted by Gasteiger charge is -2.16. The zero-order valence-corrected chi connectivity index (χ0v) is 15.3. The van der Waals surface area contributed by atoms with Crippen LogP contribution in [-0.4, -0.2) is 40.0 Å². The molecular weight excluding hydrogens is 336 g/mol. The number of aromatic nitrogens is 1. The molecule has 0 saturated carbocycles. The number of likely N-dealkylation sites (tertiary alicyclic amines) is 1. The molecular formula is C19H22N2O3S. The van der Waals surface area contributed by atoms with Gasteiger partial charge in [-0.1, -0.05) is 37.3 Å². The Bertz CT molecular complexity index is 772. The van der Waals surface area contributed by atoms with Gasteiger partial charge in [0.05, 0.1) is 16.6 Å².